The number of carbonyl (C=O) groups is 1. The molecule has 20 heavy (non-hydrogen) atoms. The Kier molecular flexibility index (Phi) is 3.18. The summed E-state index contributed by atoms with van der Waals surface area (Å²) in [5, 5.41) is 6.34. The van der Waals surface area contributed by atoms with Gasteiger partial charge in [-0.1, -0.05) is 30.3 Å². The average Bonchev–Trinajstić information content (AvgIpc) is 2.88. The fourth-order valence-electron chi connectivity index (χ4n) is 2.62. The quantitative estimate of drug-likeness (QED) is 0.874. The second-order valence-electron chi connectivity index (χ2n) is 5.26. The second-order valence-corrected chi connectivity index (χ2v) is 5.26. The number of anilines is 2. The molecule has 0 saturated carbocycles. The van der Waals surface area contributed by atoms with E-state index in [1.54, 1.807) is 0 Å². The maximum atomic E-state index is 12.5. The smallest absolute Gasteiger partial charge is 0.233 e. The van der Waals surface area contributed by atoms with Crippen LogP contribution in [0.1, 0.15) is 22.6 Å². The second kappa shape index (κ2) is 5.00. The van der Waals surface area contributed by atoms with Crippen LogP contribution in [0.5, 0.6) is 0 Å². The van der Waals surface area contributed by atoms with Crippen molar-refractivity contribution in [2.45, 2.75) is 19.8 Å². The van der Waals surface area contributed by atoms with Crippen molar-refractivity contribution >= 4 is 17.3 Å². The molecule has 3 nitrogen and oxygen atoms in total. The predicted octanol–water partition coefficient (Wildman–Crippen LogP) is 3.45. The maximum Gasteiger partial charge on any atom is 0.233 e. The largest absolute Gasteiger partial charge is 0.384 e. The number of para-hydroxylation sites is 1. The van der Waals surface area contributed by atoms with Gasteiger partial charge in [-0.25, -0.2) is 0 Å². The van der Waals surface area contributed by atoms with Gasteiger partial charge >= 0.3 is 0 Å². The van der Waals surface area contributed by atoms with Crippen LogP contribution in [0.25, 0.3) is 0 Å². The van der Waals surface area contributed by atoms with E-state index in [2.05, 4.69) is 23.6 Å². The van der Waals surface area contributed by atoms with Crippen LogP contribution >= 0.6 is 0 Å². The van der Waals surface area contributed by atoms with E-state index in [9.17, 15) is 4.79 Å². The molecule has 0 aliphatic carbocycles. The lowest BCUT2D eigenvalue weighted by Crippen LogP contribution is -2.23. The SMILES string of the molecule is Cc1cccc(NC(=O)C2CNc3ccccc32)c1C. The molecular weight excluding hydrogens is 248 g/mol. The summed E-state index contributed by atoms with van der Waals surface area (Å²) in [6, 6.07) is 14.0. The van der Waals surface area contributed by atoms with E-state index in [-0.39, 0.29) is 11.8 Å². The van der Waals surface area contributed by atoms with Crippen molar-refractivity contribution in [2.75, 3.05) is 17.2 Å². The zero-order valence-corrected chi connectivity index (χ0v) is 11.7. The van der Waals surface area contributed by atoms with Crippen LogP contribution in [0.3, 0.4) is 0 Å². The summed E-state index contributed by atoms with van der Waals surface area (Å²) in [4.78, 5) is 12.5. The Morgan fingerprint density at radius 3 is 2.80 bits per heavy atom. The molecule has 1 atom stereocenters. The number of aryl methyl sites for hydroxylation is 1. The van der Waals surface area contributed by atoms with E-state index >= 15 is 0 Å². The molecule has 3 rings (SSSR count). The molecule has 2 aromatic rings. The fraction of sp³-hybridized carbons (Fsp3) is 0.235. The number of hydrogen-bond donors (Lipinski definition) is 2. The highest BCUT2D eigenvalue weighted by Crippen LogP contribution is 2.32. The highest BCUT2D eigenvalue weighted by Gasteiger charge is 2.28. The van der Waals surface area contributed by atoms with Gasteiger partial charge in [0.05, 0.1) is 5.92 Å². The minimum Gasteiger partial charge on any atom is -0.384 e. The highest BCUT2D eigenvalue weighted by atomic mass is 16.1. The monoisotopic (exact) mass is 266 g/mol. The van der Waals surface area contributed by atoms with Gasteiger partial charge in [0.25, 0.3) is 0 Å². The van der Waals surface area contributed by atoms with E-state index in [1.165, 1.54) is 5.56 Å². The van der Waals surface area contributed by atoms with Gasteiger partial charge in [0.1, 0.15) is 0 Å². The van der Waals surface area contributed by atoms with Crippen molar-refractivity contribution < 1.29 is 4.79 Å². The Bertz CT molecular complexity index is 664. The fourth-order valence-corrected chi connectivity index (χ4v) is 2.62. The summed E-state index contributed by atoms with van der Waals surface area (Å²) >= 11 is 0. The standard InChI is InChI=1S/C17H18N2O/c1-11-6-5-9-15(12(11)2)19-17(20)14-10-18-16-8-4-3-7-13(14)16/h3-9,14,18H,10H2,1-2H3,(H,19,20). The van der Waals surface area contributed by atoms with E-state index in [4.69, 9.17) is 0 Å². The third-order valence-corrected chi connectivity index (χ3v) is 4.01. The van der Waals surface area contributed by atoms with Crippen LogP contribution in [0, 0.1) is 13.8 Å². The van der Waals surface area contributed by atoms with Crippen molar-refractivity contribution in [2.24, 2.45) is 0 Å². The first kappa shape index (κ1) is 12.7. The number of nitrogens with one attached hydrogen (secondary N) is 2. The summed E-state index contributed by atoms with van der Waals surface area (Å²) in [5.41, 5.74) is 5.36. The number of rotatable bonds is 2. The van der Waals surface area contributed by atoms with Gasteiger partial charge in [-0.15, -0.1) is 0 Å². The molecule has 1 aliphatic heterocycles. The van der Waals surface area contributed by atoms with Gasteiger partial charge in [0.2, 0.25) is 5.91 Å². The number of benzene rings is 2. The molecular formula is C17H18N2O. The summed E-state index contributed by atoms with van der Waals surface area (Å²) in [7, 11) is 0. The lowest BCUT2D eigenvalue weighted by molar-refractivity contribution is -0.117. The summed E-state index contributed by atoms with van der Waals surface area (Å²) in [6.45, 7) is 4.75. The summed E-state index contributed by atoms with van der Waals surface area (Å²) in [5.74, 6) is -0.0673. The van der Waals surface area contributed by atoms with E-state index < -0.39 is 0 Å². The molecule has 1 heterocycles. The molecule has 1 unspecified atom stereocenters. The first-order valence-corrected chi connectivity index (χ1v) is 6.86. The molecule has 2 aromatic carbocycles. The van der Waals surface area contributed by atoms with Crippen LogP contribution in [-0.2, 0) is 4.79 Å². The highest BCUT2D eigenvalue weighted by molar-refractivity contribution is 5.98. The van der Waals surface area contributed by atoms with Gasteiger partial charge in [0.15, 0.2) is 0 Å². The van der Waals surface area contributed by atoms with Crippen LogP contribution in [-0.4, -0.2) is 12.5 Å². The molecule has 0 spiro atoms. The van der Waals surface area contributed by atoms with Crippen molar-refractivity contribution in [3.8, 4) is 0 Å². The van der Waals surface area contributed by atoms with E-state index in [0.717, 1.165) is 22.5 Å². The Morgan fingerprint density at radius 1 is 1.15 bits per heavy atom. The Morgan fingerprint density at radius 2 is 1.95 bits per heavy atom. The molecule has 1 amide bonds. The normalized spacial score (nSPS) is 16.4. The zero-order chi connectivity index (χ0) is 14.1. The summed E-state index contributed by atoms with van der Waals surface area (Å²) < 4.78 is 0. The number of amides is 1. The Labute approximate surface area is 119 Å². The van der Waals surface area contributed by atoms with Crippen LogP contribution in [0.2, 0.25) is 0 Å². The van der Waals surface area contributed by atoms with E-state index in [0.29, 0.717) is 6.54 Å². The molecule has 0 bridgehead atoms. The number of hydrogen-bond acceptors (Lipinski definition) is 2. The van der Waals surface area contributed by atoms with Gasteiger partial charge < -0.3 is 10.6 Å². The van der Waals surface area contributed by atoms with Gasteiger partial charge in [-0.3, -0.25) is 4.79 Å². The van der Waals surface area contributed by atoms with Crippen molar-refractivity contribution in [1.82, 2.24) is 0 Å². The predicted molar refractivity (Wildman–Crippen MR) is 82.2 cm³/mol. The van der Waals surface area contributed by atoms with Gasteiger partial charge in [0, 0.05) is 17.9 Å². The summed E-state index contributed by atoms with van der Waals surface area (Å²) in [6.07, 6.45) is 0. The maximum absolute atomic E-state index is 12.5. The average molecular weight is 266 g/mol. The first-order valence-electron chi connectivity index (χ1n) is 6.86. The molecule has 0 aromatic heterocycles. The molecule has 102 valence electrons. The zero-order valence-electron chi connectivity index (χ0n) is 11.7. The van der Waals surface area contributed by atoms with Crippen LogP contribution in [0.4, 0.5) is 11.4 Å². The number of carbonyl (C=O) groups excluding carboxylic acids is 1. The lowest BCUT2D eigenvalue weighted by atomic mass is 10.00. The molecule has 1 aliphatic rings. The Hall–Kier alpha value is -2.29. The van der Waals surface area contributed by atoms with Gasteiger partial charge in [-0.2, -0.15) is 0 Å². The van der Waals surface area contributed by atoms with Crippen molar-refractivity contribution in [3.05, 3.63) is 59.2 Å². The molecule has 2 N–H and O–H groups in total. The van der Waals surface area contributed by atoms with Crippen LogP contribution < -0.4 is 10.6 Å². The van der Waals surface area contributed by atoms with E-state index in [1.807, 2.05) is 43.3 Å². The third-order valence-electron chi connectivity index (χ3n) is 4.01. The minimum absolute atomic E-state index is 0.0520. The first-order chi connectivity index (χ1) is 9.66. The van der Waals surface area contributed by atoms with Crippen LogP contribution in [0.15, 0.2) is 42.5 Å². The van der Waals surface area contributed by atoms with Crippen molar-refractivity contribution in [1.29, 1.82) is 0 Å². The number of fused-ring (bicyclic) bond motifs is 1. The molecule has 0 radical (unpaired) electrons. The Balaban J connectivity index is 1.83. The lowest BCUT2D eigenvalue weighted by Gasteiger charge is -2.14. The molecule has 3 heteroatoms. The minimum atomic E-state index is -0.119. The molecule has 0 saturated heterocycles. The third kappa shape index (κ3) is 2.16. The topological polar surface area (TPSA) is 41.1 Å². The molecule has 0 fully saturated rings. The van der Waals surface area contributed by atoms with Crippen molar-refractivity contribution in [3.63, 3.8) is 0 Å². The van der Waals surface area contributed by atoms with Gasteiger partial charge in [-0.05, 0) is 42.7 Å².